The number of ketones is 1. The molecule has 0 spiro atoms. The molecule has 1 aromatic carbocycles. The van der Waals surface area contributed by atoms with Gasteiger partial charge in [-0.05, 0) is 42.5 Å². The number of hydrogen-bond acceptors (Lipinski definition) is 4. The van der Waals surface area contributed by atoms with E-state index in [1.807, 2.05) is 12.1 Å². The van der Waals surface area contributed by atoms with Crippen molar-refractivity contribution in [3.05, 3.63) is 59.3 Å². The van der Waals surface area contributed by atoms with Crippen LogP contribution >= 0.6 is 0 Å². The highest BCUT2D eigenvalue weighted by atomic mass is 19.4. The number of piperidine rings is 1. The molecule has 1 fully saturated rings. The smallest absolute Gasteiger partial charge is 0.422 e. The van der Waals surface area contributed by atoms with Gasteiger partial charge in [0.05, 0.1) is 0 Å². The molecule has 27 heavy (non-hydrogen) atoms. The van der Waals surface area contributed by atoms with Crippen LogP contribution in [0.25, 0.3) is 0 Å². The summed E-state index contributed by atoms with van der Waals surface area (Å²) in [6.45, 7) is 0.639. The van der Waals surface area contributed by atoms with Gasteiger partial charge in [0.25, 0.3) is 0 Å². The molecule has 0 amide bonds. The van der Waals surface area contributed by atoms with E-state index in [4.69, 9.17) is 0 Å². The fourth-order valence-corrected chi connectivity index (χ4v) is 3.12. The van der Waals surface area contributed by atoms with Crippen LogP contribution in [0.5, 0.6) is 5.88 Å². The van der Waals surface area contributed by atoms with Crippen molar-refractivity contribution in [1.29, 1.82) is 0 Å². The number of carbonyl (C=O) groups is 1. The maximum atomic E-state index is 12.4. The Hall–Kier alpha value is -2.41. The second-order valence-corrected chi connectivity index (χ2v) is 6.67. The fraction of sp³-hybridized carbons (Fsp3) is 0.400. The molecule has 0 saturated carbocycles. The summed E-state index contributed by atoms with van der Waals surface area (Å²) in [5.74, 6) is 0.211. The molecule has 0 unspecified atom stereocenters. The minimum Gasteiger partial charge on any atom is -0.468 e. The molecule has 2 heterocycles. The first-order valence-electron chi connectivity index (χ1n) is 8.89. The highest BCUT2D eigenvalue weighted by Crippen LogP contribution is 2.24. The number of alkyl halides is 3. The van der Waals surface area contributed by atoms with Gasteiger partial charge in [-0.25, -0.2) is 4.98 Å². The summed E-state index contributed by atoms with van der Waals surface area (Å²) in [4.78, 5) is 16.1. The lowest BCUT2D eigenvalue weighted by atomic mass is 9.90. The van der Waals surface area contributed by atoms with Crippen molar-refractivity contribution in [2.45, 2.75) is 31.4 Å². The van der Waals surface area contributed by atoms with Gasteiger partial charge in [0, 0.05) is 30.8 Å². The molecule has 0 radical (unpaired) electrons. The number of halogens is 3. The second-order valence-electron chi connectivity index (χ2n) is 6.67. The van der Waals surface area contributed by atoms with Crippen molar-refractivity contribution < 1.29 is 22.7 Å². The van der Waals surface area contributed by atoms with E-state index >= 15 is 0 Å². The summed E-state index contributed by atoms with van der Waals surface area (Å²) in [5.41, 5.74) is 2.51. The number of hydrogen-bond donors (Lipinski definition) is 1. The zero-order chi connectivity index (χ0) is 19.3. The van der Waals surface area contributed by atoms with Crippen molar-refractivity contribution in [2.75, 3.05) is 19.7 Å². The maximum absolute atomic E-state index is 12.4. The topological polar surface area (TPSA) is 51.2 Å². The summed E-state index contributed by atoms with van der Waals surface area (Å²) < 4.78 is 40.9. The minimum absolute atomic E-state index is 0.142. The zero-order valence-electron chi connectivity index (χ0n) is 14.8. The average molecular weight is 378 g/mol. The molecule has 1 aromatic heterocycles. The Kier molecular flexibility index (Phi) is 6.11. The van der Waals surface area contributed by atoms with Gasteiger partial charge in [0.1, 0.15) is 0 Å². The summed E-state index contributed by atoms with van der Waals surface area (Å²) in [5, 5.41) is 3.39. The van der Waals surface area contributed by atoms with Gasteiger partial charge in [0.2, 0.25) is 5.88 Å². The van der Waals surface area contributed by atoms with Crippen LogP contribution in [0.15, 0.2) is 42.6 Å². The quantitative estimate of drug-likeness (QED) is 0.775. The lowest BCUT2D eigenvalue weighted by Crippen LogP contribution is -2.28. The molecule has 2 aromatic rings. The van der Waals surface area contributed by atoms with Crippen LogP contribution < -0.4 is 10.1 Å². The Morgan fingerprint density at radius 2 is 1.96 bits per heavy atom. The molecule has 3 rings (SSSR count). The third-order valence-corrected chi connectivity index (χ3v) is 4.55. The molecule has 4 nitrogen and oxygen atoms in total. The normalized spacial score (nSPS) is 17.5. The van der Waals surface area contributed by atoms with Crippen molar-refractivity contribution >= 4 is 5.78 Å². The first-order valence-corrected chi connectivity index (χ1v) is 8.89. The van der Waals surface area contributed by atoms with Crippen LogP contribution in [0.1, 0.15) is 40.2 Å². The highest BCUT2D eigenvalue weighted by Gasteiger charge is 2.28. The van der Waals surface area contributed by atoms with Crippen LogP contribution in [0, 0.1) is 0 Å². The van der Waals surface area contributed by atoms with Crippen LogP contribution in [0.3, 0.4) is 0 Å². The molecule has 0 bridgehead atoms. The number of nitrogens with zero attached hydrogens (tertiary/aromatic N) is 1. The Labute approximate surface area is 155 Å². The number of Topliss-reactive ketones (excluding diaryl/α,β-unsaturated/α-hetero) is 1. The number of nitrogens with one attached hydrogen (secondary N) is 1. The van der Waals surface area contributed by atoms with Gasteiger partial charge in [-0.3, -0.25) is 4.79 Å². The maximum Gasteiger partial charge on any atom is 0.422 e. The number of benzene rings is 1. The Bertz CT molecular complexity index is 752. The molecule has 1 aliphatic rings. The molecule has 0 aliphatic carbocycles. The van der Waals surface area contributed by atoms with Gasteiger partial charge >= 0.3 is 6.18 Å². The van der Waals surface area contributed by atoms with E-state index in [2.05, 4.69) is 27.2 Å². The molecular formula is C20H21F3N2O2. The van der Waals surface area contributed by atoms with Gasteiger partial charge in [-0.2, -0.15) is 13.2 Å². The van der Waals surface area contributed by atoms with Crippen molar-refractivity contribution in [2.24, 2.45) is 0 Å². The number of carbonyl (C=O) groups excluding carboxylic acids is 1. The van der Waals surface area contributed by atoms with Gasteiger partial charge < -0.3 is 10.1 Å². The Balaban J connectivity index is 1.56. The molecule has 7 heteroatoms. The average Bonchev–Trinajstić information content (AvgIpc) is 2.67. The Morgan fingerprint density at radius 1 is 1.19 bits per heavy atom. The summed E-state index contributed by atoms with van der Waals surface area (Å²) >= 11 is 0. The van der Waals surface area contributed by atoms with E-state index in [9.17, 15) is 18.0 Å². The zero-order valence-corrected chi connectivity index (χ0v) is 14.8. The molecular weight excluding hydrogens is 357 g/mol. The SMILES string of the molecule is O=C(Cc1ccc([C@H]2CCCNC2)cc1)c1ccc(OCC(F)(F)F)nc1. The van der Waals surface area contributed by atoms with Gasteiger partial charge in [0.15, 0.2) is 12.4 Å². The number of ether oxygens (including phenoxy) is 1. The van der Waals surface area contributed by atoms with Crippen LogP contribution in [-0.2, 0) is 6.42 Å². The predicted octanol–water partition coefficient (Wildman–Crippen LogP) is 3.92. The predicted molar refractivity (Wildman–Crippen MR) is 95.1 cm³/mol. The van der Waals surface area contributed by atoms with Crippen molar-refractivity contribution in [3.8, 4) is 5.88 Å². The highest BCUT2D eigenvalue weighted by molar-refractivity contribution is 5.97. The van der Waals surface area contributed by atoms with E-state index in [1.165, 1.54) is 36.7 Å². The molecule has 1 aliphatic heterocycles. The number of aromatic nitrogens is 1. The van der Waals surface area contributed by atoms with Gasteiger partial charge in [-0.15, -0.1) is 0 Å². The number of pyridine rings is 1. The molecule has 1 saturated heterocycles. The first-order chi connectivity index (χ1) is 12.9. The monoisotopic (exact) mass is 378 g/mol. The minimum atomic E-state index is -4.42. The van der Waals surface area contributed by atoms with E-state index in [0.717, 1.165) is 18.7 Å². The largest absolute Gasteiger partial charge is 0.468 e. The third kappa shape index (κ3) is 5.79. The van der Waals surface area contributed by atoms with E-state index < -0.39 is 12.8 Å². The Morgan fingerprint density at radius 3 is 2.56 bits per heavy atom. The lowest BCUT2D eigenvalue weighted by molar-refractivity contribution is -0.154. The summed E-state index contributed by atoms with van der Waals surface area (Å²) in [6, 6.07) is 10.7. The van der Waals surface area contributed by atoms with Crippen molar-refractivity contribution in [3.63, 3.8) is 0 Å². The third-order valence-electron chi connectivity index (χ3n) is 4.55. The van der Waals surface area contributed by atoms with Crippen LogP contribution in [0.2, 0.25) is 0 Å². The van der Waals surface area contributed by atoms with Crippen molar-refractivity contribution in [1.82, 2.24) is 10.3 Å². The summed E-state index contributed by atoms with van der Waals surface area (Å²) in [6.07, 6.45) is -0.625. The second kappa shape index (κ2) is 8.52. The summed E-state index contributed by atoms with van der Waals surface area (Å²) in [7, 11) is 0. The van der Waals surface area contributed by atoms with E-state index in [-0.39, 0.29) is 18.1 Å². The molecule has 1 atom stereocenters. The standard InChI is InChI=1S/C20H21F3N2O2/c21-20(22,23)13-27-19-8-7-17(12-25-19)18(26)10-14-3-5-15(6-4-14)16-2-1-9-24-11-16/h3-8,12,16,24H,1-2,9-11,13H2/t16-/m0/s1. The van der Waals surface area contributed by atoms with Crippen LogP contribution in [0.4, 0.5) is 13.2 Å². The van der Waals surface area contributed by atoms with Gasteiger partial charge in [-0.1, -0.05) is 24.3 Å². The fourth-order valence-electron chi connectivity index (χ4n) is 3.12. The first kappa shape index (κ1) is 19.4. The van der Waals surface area contributed by atoms with E-state index in [0.29, 0.717) is 11.5 Å². The van der Waals surface area contributed by atoms with E-state index in [1.54, 1.807) is 0 Å². The number of rotatable bonds is 6. The lowest BCUT2D eigenvalue weighted by Gasteiger charge is -2.23. The molecule has 144 valence electrons. The van der Waals surface area contributed by atoms with Crippen LogP contribution in [-0.4, -0.2) is 36.6 Å². The molecule has 1 N–H and O–H groups in total.